The van der Waals surface area contributed by atoms with E-state index in [2.05, 4.69) is 54.1 Å². The second-order valence-electron chi connectivity index (χ2n) is 7.25. The Morgan fingerprint density at radius 1 is 1.48 bits per heavy atom. The summed E-state index contributed by atoms with van der Waals surface area (Å²) < 4.78 is 0. The van der Waals surface area contributed by atoms with Gasteiger partial charge in [0.1, 0.15) is 11.6 Å². The van der Waals surface area contributed by atoms with Crippen LogP contribution in [0.15, 0.2) is 18.2 Å². The van der Waals surface area contributed by atoms with Gasteiger partial charge in [-0.2, -0.15) is 0 Å². The Balaban J connectivity index is 1.83. The zero-order valence-corrected chi connectivity index (χ0v) is 15.8. The van der Waals surface area contributed by atoms with Gasteiger partial charge in [-0.1, -0.05) is 6.92 Å². The van der Waals surface area contributed by atoms with E-state index in [1.165, 1.54) is 11.3 Å². The SMILES string of the molecule is Cc1nc(-c2ccc3c(c2)C(C)CC(C)(C)N3)sc1CCO[N+](=O)[O-]. The van der Waals surface area contributed by atoms with Crippen LogP contribution in [0.1, 0.15) is 49.2 Å². The molecule has 2 heterocycles. The standard InChI is InChI=1S/C18H23N3O3S/c1-11-10-18(3,4)20-15-6-5-13(9-14(11)15)17-19-12(2)16(25-17)7-8-24-21(22)23/h5-6,9,11,20H,7-8,10H2,1-4H3. The fraction of sp³-hybridized carbons (Fsp3) is 0.500. The van der Waals surface area contributed by atoms with Crippen LogP contribution in [0.25, 0.3) is 10.6 Å². The van der Waals surface area contributed by atoms with Crippen LogP contribution in [0.4, 0.5) is 5.69 Å². The number of rotatable bonds is 5. The molecule has 0 spiro atoms. The lowest BCUT2D eigenvalue weighted by Crippen LogP contribution is -2.36. The van der Waals surface area contributed by atoms with Crippen LogP contribution in [0, 0.1) is 17.0 Å². The van der Waals surface area contributed by atoms with Gasteiger partial charge in [0.2, 0.25) is 0 Å². The Bertz CT molecular complexity index is 801. The summed E-state index contributed by atoms with van der Waals surface area (Å²) in [7, 11) is 0. The molecule has 1 aromatic carbocycles. The molecular formula is C18H23N3O3S. The third-order valence-electron chi connectivity index (χ3n) is 4.54. The van der Waals surface area contributed by atoms with Crippen LogP contribution in [-0.2, 0) is 11.3 Å². The normalized spacial score (nSPS) is 18.3. The Labute approximate surface area is 151 Å². The highest BCUT2D eigenvalue weighted by Gasteiger charge is 2.29. The summed E-state index contributed by atoms with van der Waals surface area (Å²) in [5, 5.41) is 14.1. The fourth-order valence-corrected chi connectivity index (χ4v) is 4.54. The van der Waals surface area contributed by atoms with Gasteiger partial charge in [-0.15, -0.1) is 21.5 Å². The molecule has 1 aliphatic heterocycles. The van der Waals surface area contributed by atoms with Gasteiger partial charge in [0, 0.05) is 28.1 Å². The maximum Gasteiger partial charge on any atom is 0.294 e. The number of thiazole rings is 1. The van der Waals surface area contributed by atoms with Gasteiger partial charge >= 0.3 is 0 Å². The third-order valence-corrected chi connectivity index (χ3v) is 5.80. The zero-order chi connectivity index (χ0) is 18.2. The molecule has 0 bridgehead atoms. The van der Waals surface area contributed by atoms with E-state index >= 15 is 0 Å². The monoisotopic (exact) mass is 361 g/mol. The number of nitrogens with zero attached hydrogens (tertiary/aromatic N) is 2. The number of hydrogen-bond donors (Lipinski definition) is 1. The molecule has 7 heteroatoms. The van der Waals surface area contributed by atoms with E-state index < -0.39 is 5.09 Å². The first-order valence-electron chi connectivity index (χ1n) is 8.41. The van der Waals surface area contributed by atoms with Crippen LogP contribution in [0.2, 0.25) is 0 Å². The van der Waals surface area contributed by atoms with Crippen LogP contribution in [0.3, 0.4) is 0 Å². The van der Waals surface area contributed by atoms with Gasteiger partial charge in [0.15, 0.2) is 0 Å². The van der Waals surface area contributed by atoms with Crippen molar-refractivity contribution in [1.82, 2.24) is 4.98 Å². The van der Waals surface area contributed by atoms with Gasteiger partial charge in [0.25, 0.3) is 5.09 Å². The maximum absolute atomic E-state index is 10.3. The van der Waals surface area contributed by atoms with Crippen LogP contribution >= 0.6 is 11.3 Å². The van der Waals surface area contributed by atoms with Gasteiger partial charge in [-0.25, -0.2) is 4.98 Å². The van der Waals surface area contributed by atoms with Crippen molar-refractivity contribution in [2.75, 3.05) is 11.9 Å². The average Bonchev–Trinajstić information content (AvgIpc) is 2.87. The predicted molar refractivity (Wildman–Crippen MR) is 99.7 cm³/mol. The smallest absolute Gasteiger partial charge is 0.294 e. The number of hydrogen-bond acceptors (Lipinski definition) is 6. The molecule has 0 saturated carbocycles. The molecule has 1 atom stereocenters. The summed E-state index contributed by atoms with van der Waals surface area (Å²) in [5.74, 6) is 0.486. The van der Waals surface area contributed by atoms with E-state index in [-0.39, 0.29) is 12.1 Å². The summed E-state index contributed by atoms with van der Waals surface area (Å²) in [6, 6.07) is 6.45. The molecule has 1 aromatic heterocycles. The second kappa shape index (κ2) is 6.63. The quantitative estimate of drug-likeness (QED) is 0.623. The van der Waals surface area contributed by atoms with Gasteiger partial charge < -0.3 is 10.2 Å². The number of fused-ring (bicyclic) bond motifs is 1. The van der Waals surface area contributed by atoms with E-state index in [9.17, 15) is 10.1 Å². The molecule has 0 saturated heterocycles. The first kappa shape index (κ1) is 17.7. The van der Waals surface area contributed by atoms with Crippen molar-refractivity contribution in [1.29, 1.82) is 0 Å². The summed E-state index contributed by atoms with van der Waals surface area (Å²) in [6.07, 6.45) is 1.59. The summed E-state index contributed by atoms with van der Waals surface area (Å²) in [4.78, 5) is 20.4. The first-order valence-corrected chi connectivity index (χ1v) is 9.23. The Kier molecular flexibility index (Phi) is 4.69. The Morgan fingerprint density at radius 3 is 2.96 bits per heavy atom. The minimum absolute atomic E-state index is 0.0652. The van der Waals surface area contributed by atoms with E-state index in [1.54, 1.807) is 11.3 Å². The number of benzene rings is 1. The average molecular weight is 361 g/mol. The highest BCUT2D eigenvalue weighted by molar-refractivity contribution is 7.15. The molecule has 2 aromatic rings. The number of nitrogens with one attached hydrogen (secondary N) is 1. The maximum atomic E-state index is 10.3. The summed E-state index contributed by atoms with van der Waals surface area (Å²) in [5.41, 5.74) is 4.64. The summed E-state index contributed by atoms with van der Waals surface area (Å²) in [6.45, 7) is 8.72. The molecule has 0 radical (unpaired) electrons. The highest BCUT2D eigenvalue weighted by atomic mass is 32.1. The van der Waals surface area contributed by atoms with Gasteiger partial charge in [-0.05, 0) is 56.9 Å². The molecular weight excluding hydrogens is 338 g/mol. The molecule has 1 N–H and O–H groups in total. The van der Waals surface area contributed by atoms with Crippen molar-refractivity contribution in [3.8, 4) is 10.6 Å². The van der Waals surface area contributed by atoms with E-state index in [4.69, 9.17) is 0 Å². The van der Waals surface area contributed by atoms with Crippen molar-refractivity contribution < 1.29 is 9.92 Å². The minimum Gasteiger partial charge on any atom is -0.380 e. The van der Waals surface area contributed by atoms with Crippen molar-refractivity contribution in [3.05, 3.63) is 44.4 Å². The van der Waals surface area contributed by atoms with Crippen LogP contribution in [-0.4, -0.2) is 22.2 Å². The molecule has 1 aliphatic rings. The van der Waals surface area contributed by atoms with Gasteiger partial charge in [0.05, 0.1) is 5.69 Å². The number of aryl methyl sites for hydroxylation is 1. The number of anilines is 1. The lowest BCUT2D eigenvalue weighted by Gasteiger charge is -2.37. The van der Waals surface area contributed by atoms with E-state index in [0.717, 1.165) is 27.6 Å². The van der Waals surface area contributed by atoms with E-state index in [1.807, 2.05) is 6.92 Å². The van der Waals surface area contributed by atoms with Crippen molar-refractivity contribution in [2.24, 2.45) is 0 Å². The largest absolute Gasteiger partial charge is 0.380 e. The molecule has 0 amide bonds. The zero-order valence-electron chi connectivity index (χ0n) is 15.0. The van der Waals surface area contributed by atoms with Crippen molar-refractivity contribution in [3.63, 3.8) is 0 Å². The lowest BCUT2D eigenvalue weighted by atomic mass is 9.81. The fourth-order valence-electron chi connectivity index (χ4n) is 3.50. The van der Waals surface area contributed by atoms with Crippen LogP contribution in [0.5, 0.6) is 0 Å². The Hall–Kier alpha value is -2.15. The Morgan fingerprint density at radius 2 is 2.24 bits per heavy atom. The van der Waals surface area contributed by atoms with Crippen molar-refractivity contribution in [2.45, 2.75) is 52.0 Å². The first-order chi connectivity index (χ1) is 11.7. The molecule has 25 heavy (non-hydrogen) atoms. The second-order valence-corrected chi connectivity index (χ2v) is 8.33. The highest BCUT2D eigenvalue weighted by Crippen LogP contribution is 2.41. The molecule has 0 aliphatic carbocycles. The number of aromatic nitrogens is 1. The van der Waals surface area contributed by atoms with E-state index in [0.29, 0.717) is 12.3 Å². The lowest BCUT2D eigenvalue weighted by molar-refractivity contribution is -0.757. The molecule has 0 fully saturated rings. The minimum atomic E-state index is -0.753. The predicted octanol–water partition coefficient (Wildman–Crippen LogP) is 4.57. The molecule has 1 unspecified atom stereocenters. The molecule has 3 rings (SSSR count). The third kappa shape index (κ3) is 3.92. The topological polar surface area (TPSA) is 77.3 Å². The van der Waals surface area contributed by atoms with Crippen LogP contribution < -0.4 is 5.32 Å². The summed E-state index contributed by atoms with van der Waals surface area (Å²) >= 11 is 1.58. The molecule has 134 valence electrons. The van der Waals surface area contributed by atoms with Gasteiger partial charge in [-0.3, -0.25) is 0 Å². The van der Waals surface area contributed by atoms with Crippen molar-refractivity contribution >= 4 is 17.0 Å². The molecule has 6 nitrogen and oxygen atoms in total.